The molecule has 108 valence electrons. The van der Waals surface area contributed by atoms with Crippen LogP contribution < -0.4 is 11.0 Å². The van der Waals surface area contributed by atoms with Crippen LogP contribution in [0.15, 0.2) is 23.0 Å². The Hall–Kier alpha value is -1.76. The van der Waals surface area contributed by atoms with Crippen molar-refractivity contribution >= 4 is 11.0 Å². The van der Waals surface area contributed by atoms with Crippen LogP contribution in [0, 0.1) is 0 Å². The molecular formula is C13H14F3N3O. The monoisotopic (exact) mass is 285 g/mol. The Morgan fingerprint density at radius 1 is 1.35 bits per heavy atom. The summed E-state index contributed by atoms with van der Waals surface area (Å²) in [5, 5.41) is 3.24. The van der Waals surface area contributed by atoms with E-state index < -0.39 is 17.4 Å². The molecule has 3 rings (SSSR count). The van der Waals surface area contributed by atoms with E-state index in [1.54, 1.807) is 0 Å². The molecule has 0 spiro atoms. The zero-order valence-corrected chi connectivity index (χ0v) is 10.6. The minimum absolute atomic E-state index is 0.136. The molecule has 7 heteroatoms. The van der Waals surface area contributed by atoms with Gasteiger partial charge >= 0.3 is 11.9 Å². The molecule has 1 aromatic heterocycles. The third-order valence-corrected chi connectivity index (χ3v) is 3.68. The summed E-state index contributed by atoms with van der Waals surface area (Å²) in [7, 11) is 0. The van der Waals surface area contributed by atoms with Gasteiger partial charge in [-0.15, -0.1) is 0 Å². The number of hydrogen-bond donors (Lipinski definition) is 2. The summed E-state index contributed by atoms with van der Waals surface area (Å²) < 4.78 is 40.1. The van der Waals surface area contributed by atoms with Crippen LogP contribution in [0.4, 0.5) is 13.2 Å². The fraction of sp³-hybridized carbons (Fsp3) is 0.462. The summed E-state index contributed by atoms with van der Waals surface area (Å²) >= 11 is 0. The normalized spacial score (nSPS) is 19.9. The number of halogens is 3. The number of aromatic amines is 1. The molecule has 0 aliphatic carbocycles. The van der Waals surface area contributed by atoms with Gasteiger partial charge in [0, 0.05) is 12.6 Å². The summed E-state index contributed by atoms with van der Waals surface area (Å²) in [6.45, 7) is 1.27. The number of para-hydroxylation sites is 1. The van der Waals surface area contributed by atoms with Crippen molar-refractivity contribution in [2.75, 3.05) is 6.54 Å². The van der Waals surface area contributed by atoms with E-state index in [0.717, 1.165) is 25.5 Å². The van der Waals surface area contributed by atoms with Crippen LogP contribution in [0.25, 0.3) is 11.0 Å². The number of benzene rings is 1. The zero-order chi connectivity index (χ0) is 14.3. The topological polar surface area (TPSA) is 49.8 Å². The number of aromatic nitrogens is 2. The minimum atomic E-state index is -4.47. The van der Waals surface area contributed by atoms with Crippen LogP contribution >= 0.6 is 0 Å². The SMILES string of the molecule is O=c1[nH]c2c(C(F)(F)F)cccc2n1CC1CCCN1. The lowest BCUT2D eigenvalue weighted by Crippen LogP contribution is -2.31. The van der Waals surface area contributed by atoms with Gasteiger partial charge in [-0.1, -0.05) is 6.07 Å². The fourth-order valence-corrected chi connectivity index (χ4v) is 2.73. The summed E-state index contributed by atoms with van der Waals surface area (Å²) in [6.07, 6.45) is -2.52. The van der Waals surface area contributed by atoms with Gasteiger partial charge < -0.3 is 10.3 Å². The van der Waals surface area contributed by atoms with Crippen LogP contribution in [0.2, 0.25) is 0 Å². The quantitative estimate of drug-likeness (QED) is 0.887. The van der Waals surface area contributed by atoms with Gasteiger partial charge in [-0.25, -0.2) is 4.79 Å². The van der Waals surface area contributed by atoms with Gasteiger partial charge in [0.15, 0.2) is 0 Å². The highest BCUT2D eigenvalue weighted by atomic mass is 19.4. The van der Waals surface area contributed by atoms with Gasteiger partial charge in [-0.05, 0) is 31.5 Å². The molecule has 2 aromatic rings. The molecule has 1 saturated heterocycles. The first-order valence-electron chi connectivity index (χ1n) is 6.49. The van der Waals surface area contributed by atoms with Gasteiger partial charge in [0.25, 0.3) is 0 Å². The maximum absolute atomic E-state index is 12.9. The largest absolute Gasteiger partial charge is 0.418 e. The average Bonchev–Trinajstić information content (AvgIpc) is 2.97. The molecular weight excluding hydrogens is 271 g/mol. The zero-order valence-electron chi connectivity index (χ0n) is 10.6. The lowest BCUT2D eigenvalue weighted by molar-refractivity contribution is -0.136. The second kappa shape index (κ2) is 4.66. The third kappa shape index (κ3) is 2.22. The molecule has 1 aromatic carbocycles. The molecule has 0 amide bonds. The van der Waals surface area contributed by atoms with E-state index in [2.05, 4.69) is 10.3 Å². The van der Waals surface area contributed by atoms with E-state index in [4.69, 9.17) is 0 Å². The highest BCUT2D eigenvalue weighted by Gasteiger charge is 2.34. The number of hydrogen-bond acceptors (Lipinski definition) is 2. The van der Waals surface area contributed by atoms with E-state index >= 15 is 0 Å². The van der Waals surface area contributed by atoms with Crippen molar-refractivity contribution in [2.24, 2.45) is 0 Å². The molecule has 0 saturated carbocycles. The lowest BCUT2D eigenvalue weighted by atomic mass is 10.1. The molecule has 20 heavy (non-hydrogen) atoms. The van der Waals surface area contributed by atoms with Gasteiger partial charge in [-0.3, -0.25) is 4.57 Å². The molecule has 2 heterocycles. The highest BCUT2D eigenvalue weighted by Crippen LogP contribution is 2.33. The number of rotatable bonds is 2. The van der Waals surface area contributed by atoms with Crippen molar-refractivity contribution < 1.29 is 13.2 Å². The van der Waals surface area contributed by atoms with E-state index in [0.29, 0.717) is 12.1 Å². The molecule has 1 fully saturated rings. The number of imidazole rings is 1. The molecule has 1 aliphatic heterocycles. The van der Waals surface area contributed by atoms with Crippen molar-refractivity contribution in [2.45, 2.75) is 31.6 Å². The molecule has 1 unspecified atom stereocenters. The first-order valence-corrected chi connectivity index (χ1v) is 6.49. The fourth-order valence-electron chi connectivity index (χ4n) is 2.73. The van der Waals surface area contributed by atoms with Gasteiger partial charge in [0.1, 0.15) is 0 Å². The maximum Gasteiger partial charge on any atom is 0.418 e. The summed E-state index contributed by atoms with van der Waals surface area (Å²) in [6, 6.07) is 3.99. The van der Waals surface area contributed by atoms with Gasteiger partial charge in [-0.2, -0.15) is 13.2 Å². The summed E-state index contributed by atoms with van der Waals surface area (Å²) in [5.74, 6) is 0. The number of fused-ring (bicyclic) bond motifs is 1. The lowest BCUT2D eigenvalue weighted by Gasteiger charge is -2.12. The molecule has 0 radical (unpaired) electrons. The first-order chi connectivity index (χ1) is 9.47. The predicted molar refractivity (Wildman–Crippen MR) is 68.6 cm³/mol. The van der Waals surface area contributed by atoms with E-state index in [1.807, 2.05) is 0 Å². The van der Waals surface area contributed by atoms with Crippen LogP contribution in [0.3, 0.4) is 0 Å². The third-order valence-electron chi connectivity index (χ3n) is 3.68. The smallest absolute Gasteiger partial charge is 0.312 e. The Labute approximate surface area is 112 Å². The van der Waals surface area contributed by atoms with Crippen LogP contribution in [-0.2, 0) is 12.7 Å². The van der Waals surface area contributed by atoms with Crippen molar-refractivity contribution in [3.8, 4) is 0 Å². The Bertz CT molecular complexity index is 680. The Morgan fingerprint density at radius 2 is 2.15 bits per heavy atom. The van der Waals surface area contributed by atoms with E-state index in [-0.39, 0.29) is 11.6 Å². The van der Waals surface area contributed by atoms with Gasteiger partial charge in [0.2, 0.25) is 0 Å². The van der Waals surface area contributed by atoms with Gasteiger partial charge in [0.05, 0.1) is 16.6 Å². The maximum atomic E-state index is 12.9. The minimum Gasteiger partial charge on any atom is -0.312 e. The number of H-pyrrole nitrogens is 1. The van der Waals surface area contributed by atoms with E-state index in [9.17, 15) is 18.0 Å². The van der Waals surface area contributed by atoms with Crippen LogP contribution in [-0.4, -0.2) is 22.1 Å². The number of nitrogens with zero attached hydrogens (tertiary/aromatic N) is 1. The summed E-state index contributed by atoms with van der Waals surface area (Å²) in [5.41, 5.74) is -1.13. The van der Waals surface area contributed by atoms with E-state index in [1.165, 1.54) is 16.7 Å². The van der Waals surface area contributed by atoms with Crippen molar-refractivity contribution in [3.63, 3.8) is 0 Å². The molecule has 0 bridgehead atoms. The molecule has 4 nitrogen and oxygen atoms in total. The Morgan fingerprint density at radius 3 is 2.80 bits per heavy atom. The van der Waals surface area contributed by atoms with Crippen LogP contribution in [0.5, 0.6) is 0 Å². The standard InChI is InChI=1S/C13H14F3N3O/c14-13(15,16)9-4-1-5-10-11(9)18-12(20)19(10)7-8-3-2-6-17-8/h1,4-5,8,17H,2-3,6-7H2,(H,18,20). The summed E-state index contributed by atoms with van der Waals surface area (Å²) in [4.78, 5) is 14.3. The molecule has 1 atom stereocenters. The van der Waals surface area contributed by atoms with Crippen molar-refractivity contribution in [1.82, 2.24) is 14.9 Å². The molecule has 2 N–H and O–H groups in total. The highest BCUT2D eigenvalue weighted by molar-refractivity contribution is 5.79. The average molecular weight is 285 g/mol. The second-order valence-electron chi connectivity index (χ2n) is 5.03. The Kier molecular flexibility index (Phi) is 3.08. The molecule has 1 aliphatic rings. The number of alkyl halides is 3. The van der Waals surface area contributed by atoms with Crippen molar-refractivity contribution in [1.29, 1.82) is 0 Å². The second-order valence-corrected chi connectivity index (χ2v) is 5.03. The first kappa shape index (κ1) is 13.2. The predicted octanol–water partition coefficient (Wildman–Crippen LogP) is 2.10. The van der Waals surface area contributed by atoms with Crippen LogP contribution in [0.1, 0.15) is 18.4 Å². The Balaban J connectivity index is 2.09. The van der Waals surface area contributed by atoms with Crippen molar-refractivity contribution in [3.05, 3.63) is 34.2 Å². The number of nitrogens with one attached hydrogen (secondary N) is 2.